The maximum atomic E-state index is 6.17. The minimum Gasteiger partial charge on any atom is -0.326 e. The van der Waals surface area contributed by atoms with Crippen LogP contribution in [0.5, 0.6) is 0 Å². The van der Waals surface area contributed by atoms with Gasteiger partial charge in [0.1, 0.15) is 0 Å². The molecule has 1 aromatic rings. The Kier molecular flexibility index (Phi) is 4.25. The summed E-state index contributed by atoms with van der Waals surface area (Å²) in [5.74, 6) is 0. The lowest BCUT2D eigenvalue weighted by molar-refractivity contribution is 0.163. The molecule has 1 saturated carbocycles. The molecule has 2 rings (SSSR count). The van der Waals surface area contributed by atoms with E-state index in [-0.39, 0.29) is 0 Å². The van der Waals surface area contributed by atoms with E-state index >= 15 is 0 Å². The van der Waals surface area contributed by atoms with Crippen LogP contribution in [0.25, 0.3) is 0 Å². The Labute approximate surface area is 106 Å². The van der Waals surface area contributed by atoms with Crippen LogP contribution in [0.4, 0.5) is 0 Å². The van der Waals surface area contributed by atoms with Crippen LogP contribution in [0.1, 0.15) is 30.6 Å². The Morgan fingerprint density at radius 2 is 2.19 bits per heavy atom. The van der Waals surface area contributed by atoms with Crippen LogP contribution in [-0.2, 0) is 6.54 Å². The molecular formula is C12H19ClN2S. The average molecular weight is 259 g/mol. The van der Waals surface area contributed by atoms with E-state index in [0.717, 1.165) is 10.9 Å². The summed E-state index contributed by atoms with van der Waals surface area (Å²) in [6, 6.07) is 4.96. The molecule has 1 aliphatic rings. The number of nitrogens with zero attached hydrogens (tertiary/aromatic N) is 1. The third-order valence-corrected chi connectivity index (χ3v) is 4.60. The zero-order chi connectivity index (χ0) is 11.5. The number of hydrogen-bond acceptors (Lipinski definition) is 3. The average Bonchev–Trinajstić information content (AvgIpc) is 2.64. The summed E-state index contributed by atoms with van der Waals surface area (Å²) in [6.07, 6.45) is 5.00. The standard InChI is InChI=1S/C12H19ClN2S/c1-15(8-9-6-7-12(13)16-9)11-5-3-2-4-10(11)14/h6-7,10-11H,2-5,8,14H2,1H3. The summed E-state index contributed by atoms with van der Waals surface area (Å²) in [5, 5.41) is 0. The van der Waals surface area contributed by atoms with Gasteiger partial charge in [0.2, 0.25) is 0 Å². The van der Waals surface area contributed by atoms with Gasteiger partial charge in [0.05, 0.1) is 4.34 Å². The second kappa shape index (κ2) is 5.50. The first kappa shape index (κ1) is 12.4. The molecule has 1 heterocycles. The lowest BCUT2D eigenvalue weighted by Gasteiger charge is -2.35. The molecule has 4 heteroatoms. The van der Waals surface area contributed by atoms with Crippen LogP contribution in [0.15, 0.2) is 12.1 Å². The monoisotopic (exact) mass is 258 g/mol. The molecule has 0 aromatic carbocycles. The van der Waals surface area contributed by atoms with Crippen LogP contribution < -0.4 is 5.73 Å². The van der Waals surface area contributed by atoms with Gasteiger partial charge >= 0.3 is 0 Å². The molecule has 0 amide bonds. The van der Waals surface area contributed by atoms with Crippen molar-refractivity contribution in [2.24, 2.45) is 5.73 Å². The summed E-state index contributed by atoms with van der Waals surface area (Å²) in [5.41, 5.74) is 6.17. The van der Waals surface area contributed by atoms with Gasteiger partial charge in [-0.3, -0.25) is 4.90 Å². The molecule has 0 saturated heterocycles. The van der Waals surface area contributed by atoms with E-state index in [1.165, 1.54) is 30.6 Å². The van der Waals surface area contributed by atoms with E-state index in [9.17, 15) is 0 Å². The number of thiophene rings is 1. The first-order valence-electron chi connectivity index (χ1n) is 5.87. The van der Waals surface area contributed by atoms with E-state index in [1.807, 2.05) is 6.07 Å². The van der Waals surface area contributed by atoms with Crippen LogP contribution in [-0.4, -0.2) is 24.0 Å². The molecule has 16 heavy (non-hydrogen) atoms. The summed E-state index contributed by atoms with van der Waals surface area (Å²) in [4.78, 5) is 3.71. The van der Waals surface area contributed by atoms with E-state index in [0.29, 0.717) is 12.1 Å². The molecule has 2 nitrogen and oxygen atoms in total. The molecule has 1 fully saturated rings. The number of halogens is 1. The largest absolute Gasteiger partial charge is 0.326 e. The predicted octanol–water partition coefficient (Wildman–Crippen LogP) is 3.10. The molecule has 0 aliphatic heterocycles. The SMILES string of the molecule is CN(Cc1ccc(Cl)s1)C1CCCCC1N. The molecule has 1 aromatic heterocycles. The van der Waals surface area contributed by atoms with Gasteiger partial charge in [0.25, 0.3) is 0 Å². The molecule has 0 bridgehead atoms. The topological polar surface area (TPSA) is 29.3 Å². The molecule has 90 valence electrons. The number of nitrogens with two attached hydrogens (primary N) is 1. The molecule has 2 unspecified atom stereocenters. The zero-order valence-corrected chi connectivity index (χ0v) is 11.2. The Bertz CT molecular complexity index is 340. The van der Waals surface area contributed by atoms with Crippen molar-refractivity contribution < 1.29 is 0 Å². The van der Waals surface area contributed by atoms with Gasteiger partial charge < -0.3 is 5.73 Å². The fourth-order valence-corrected chi connectivity index (χ4v) is 3.64. The molecule has 0 radical (unpaired) electrons. The van der Waals surface area contributed by atoms with Gasteiger partial charge in [-0.25, -0.2) is 0 Å². The fourth-order valence-electron chi connectivity index (χ4n) is 2.49. The highest BCUT2D eigenvalue weighted by atomic mass is 35.5. The van der Waals surface area contributed by atoms with Crippen molar-refractivity contribution in [2.75, 3.05) is 7.05 Å². The van der Waals surface area contributed by atoms with Gasteiger partial charge in [-0.15, -0.1) is 11.3 Å². The Hall–Kier alpha value is -0.0900. The number of likely N-dealkylation sites (N-methyl/N-ethyl adjacent to an activating group) is 1. The van der Waals surface area contributed by atoms with Crippen molar-refractivity contribution in [3.63, 3.8) is 0 Å². The normalized spacial score (nSPS) is 26.2. The highest BCUT2D eigenvalue weighted by molar-refractivity contribution is 7.16. The predicted molar refractivity (Wildman–Crippen MR) is 71.0 cm³/mol. The molecule has 1 aliphatic carbocycles. The van der Waals surface area contributed by atoms with Crippen LogP contribution in [0.2, 0.25) is 4.34 Å². The zero-order valence-electron chi connectivity index (χ0n) is 9.66. The molecule has 0 spiro atoms. The van der Waals surface area contributed by atoms with E-state index in [4.69, 9.17) is 17.3 Å². The maximum Gasteiger partial charge on any atom is 0.0931 e. The van der Waals surface area contributed by atoms with Crippen molar-refractivity contribution in [3.05, 3.63) is 21.3 Å². The lowest BCUT2D eigenvalue weighted by atomic mass is 9.90. The summed E-state index contributed by atoms with van der Waals surface area (Å²) in [7, 11) is 2.17. The maximum absolute atomic E-state index is 6.17. The van der Waals surface area contributed by atoms with Crippen LogP contribution in [0.3, 0.4) is 0 Å². The Balaban J connectivity index is 1.93. The fraction of sp³-hybridized carbons (Fsp3) is 0.667. The van der Waals surface area contributed by atoms with Crippen molar-refractivity contribution in [3.8, 4) is 0 Å². The van der Waals surface area contributed by atoms with Gasteiger partial charge in [-0.2, -0.15) is 0 Å². The highest BCUT2D eigenvalue weighted by Gasteiger charge is 2.25. The first-order chi connectivity index (χ1) is 7.66. The van der Waals surface area contributed by atoms with Gasteiger partial charge in [0, 0.05) is 23.5 Å². The molecule has 2 atom stereocenters. The Morgan fingerprint density at radius 3 is 2.81 bits per heavy atom. The molecule has 2 N–H and O–H groups in total. The van der Waals surface area contributed by atoms with Crippen molar-refractivity contribution >= 4 is 22.9 Å². The third kappa shape index (κ3) is 2.98. The lowest BCUT2D eigenvalue weighted by Crippen LogP contribution is -2.47. The smallest absolute Gasteiger partial charge is 0.0931 e. The third-order valence-electron chi connectivity index (χ3n) is 3.38. The Morgan fingerprint density at radius 1 is 1.44 bits per heavy atom. The minimum absolute atomic E-state index is 0.342. The van der Waals surface area contributed by atoms with Crippen molar-refractivity contribution in [1.82, 2.24) is 4.90 Å². The highest BCUT2D eigenvalue weighted by Crippen LogP contribution is 2.26. The summed E-state index contributed by atoms with van der Waals surface area (Å²) >= 11 is 7.60. The van der Waals surface area contributed by atoms with Crippen LogP contribution >= 0.6 is 22.9 Å². The van der Waals surface area contributed by atoms with E-state index in [1.54, 1.807) is 11.3 Å². The quantitative estimate of drug-likeness (QED) is 0.903. The minimum atomic E-state index is 0.342. The van der Waals surface area contributed by atoms with Gasteiger partial charge in [0.15, 0.2) is 0 Å². The second-order valence-electron chi connectivity index (χ2n) is 4.64. The van der Waals surface area contributed by atoms with E-state index in [2.05, 4.69) is 18.0 Å². The van der Waals surface area contributed by atoms with Crippen LogP contribution in [0, 0.1) is 0 Å². The van der Waals surface area contributed by atoms with E-state index < -0.39 is 0 Å². The second-order valence-corrected chi connectivity index (χ2v) is 6.44. The summed E-state index contributed by atoms with van der Waals surface area (Å²) in [6.45, 7) is 0.968. The number of hydrogen-bond donors (Lipinski definition) is 1. The van der Waals surface area contributed by atoms with Gasteiger partial charge in [-0.1, -0.05) is 24.4 Å². The number of rotatable bonds is 3. The molecular weight excluding hydrogens is 240 g/mol. The summed E-state index contributed by atoms with van der Waals surface area (Å²) < 4.78 is 0.872. The van der Waals surface area contributed by atoms with Gasteiger partial charge in [-0.05, 0) is 32.0 Å². The first-order valence-corrected chi connectivity index (χ1v) is 7.06. The van der Waals surface area contributed by atoms with Crippen molar-refractivity contribution in [1.29, 1.82) is 0 Å². The van der Waals surface area contributed by atoms with Crippen molar-refractivity contribution in [2.45, 2.75) is 44.3 Å².